The van der Waals surface area contributed by atoms with Gasteiger partial charge in [-0.25, -0.2) is 4.98 Å². The number of piperidine rings is 1. The third-order valence-corrected chi connectivity index (χ3v) is 6.11. The number of hydrogen-bond acceptors (Lipinski definition) is 4. The summed E-state index contributed by atoms with van der Waals surface area (Å²) < 4.78 is 1.31. The fraction of sp³-hybridized carbons (Fsp3) is 0.444. The maximum atomic E-state index is 4.85. The molecule has 4 rings (SSSR count). The van der Waals surface area contributed by atoms with Gasteiger partial charge in [-0.1, -0.05) is 12.1 Å². The van der Waals surface area contributed by atoms with Crippen molar-refractivity contribution in [1.82, 2.24) is 20.1 Å². The minimum absolute atomic E-state index is 0.621. The fourth-order valence-corrected chi connectivity index (χ4v) is 4.57. The number of aryl methyl sites for hydroxylation is 2. The lowest BCUT2D eigenvalue weighted by Crippen LogP contribution is -2.32. The highest BCUT2D eigenvalue weighted by Gasteiger charge is 2.24. The standard InChI is InChI=1S/C18H22N4S/c1-12-15(13(2)21-20-12)11-22-9-7-14(8-10-22)18-19-16-5-3-4-6-17(16)23-18/h3-6,14H,7-11H2,1-2H3,(H,20,21). The first kappa shape index (κ1) is 14.8. The van der Waals surface area contributed by atoms with E-state index in [2.05, 4.69) is 53.2 Å². The van der Waals surface area contributed by atoms with E-state index >= 15 is 0 Å². The van der Waals surface area contributed by atoms with Crippen molar-refractivity contribution in [3.8, 4) is 0 Å². The second-order valence-electron chi connectivity index (χ2n) is 6.48. The molecule has 1 aliphatic heterocycles. The Morgan fingerprint density at radius 2 is 2.00 bits per heavy atom. The Bertz CT molecular complexity index is 759. The van der Waals surface area contributed by atoms with Crippen molar-refractivity contribution in [1.29, 1.82) is 0 Å². The summed E-state index contributed by atoms with van der Waals surface area (Å²) in [5.41, 5.74) is 4.86. The Kier molecular flexibility index (Phi) is 3.91. The molecule has 0 saturated carbocycles. The Morgan fingerprint density at radius 3 is 2.70 bits per heavy atom. The van der Waals surface area contributed by atoms with Gasteiger partial charge in [0.1, 0.15) is 0 Å². The first-order valence-electron chi connectivity index (χ1n) is 8.29. The van der Waals surface area contributed by atoms with Crippen LogP contribution in [-0.2, 0) is 6.54 Å². The minimum Gasteiger partial charge on any atom is -0.299 e. The van der Waals surface area contributed by atoms with Crippen LogP contribution >= 0.6 is 11.3 Å². The average molecular weight is 326 g/mol. The number of aromatic nitrogens is 3. The van der Waals surface area contributed by atoms with Crippen molar-refractivity contribution in [3.05, 3.63) is 46.2 Å². The summed E-state index contributed by atoms with van der Waals surface area (Å²) in [7, 11) is 0. The number of hydrogen-bond donors (Lipinski definition) is 1. The van der Waals surface area contributed by atoms with Crippen molar-refractivity contribution in [3.63, 3.8) is 0 Å². The van der Waals surface area contributed by atoms with Gasteiger partial charge in [0.25, 0.3) is 0 Å². The molecule has 2 aromatic heterocycles. The summed E-state index contributed by atoms with van der Waals surface area (Å²) >= 11 is 1.87. The number of nitrogens with one attached hydrogen (secondary N) is 1. The summed E-state index contributed by atoms with van der Waals surface area (Å²) in [4.78, 5) is 7.40. The monoisotopic (exact) mass is 326 g/mol. The number of likely N-dealkylation sites (tertiary alicyclic amines) is 1. The fourth-order valence-electron chi connectivity index (χ4n) is 3.43. The van der Waals surface area contributed by atoms with Crippen molar-refractivity contribution in [2.24, 2.45) is 0 Å². The largest absolute Gasteiger partial charge is 0.299 e. The van der Waals surface area contributed by atoms with E-state index in [0.717, 1.165) is 30.8 Å². The molecule has 23 heavy (non-hydrogen) atoms. The molecule has 4 nitrogen and oxygen atoms in total. The third-order valence-electron chi connectivity index (χ3n) is 4.91. The molecule has 0 amide bonds. The molecule has 1 N–H and O–H groups in total. The maximum Gasteiger partial charge on any atom is 0.0970 e. The molecule has 0 unspecified atom stereocenters. The first-order chi connectivity index (χ1) is 11.2. The number of thiazole rings is 1. The first-order valence-corrected chi connectivity index (χ1v) is 9.10. The van der Waals surface area contributed by atoms with Crippen molar-refractivity contribution in [2.75, 3.05) is 13.1 Å². The molecule has 5 heteroatoms. The molecule has 3 heterocycles. The van der Waals surface area contributed by atoms with Crippen LogP contribution in [0.25, 0.3) is 10.2 Å². The minimum atomic E-state index is 0.621. The summed E-state index contributed by atoms with van der Waals surface area (Å²) in [6.45, 7) is 7.51. The predicted octanol–water partition coefficient (Wildman–Crippen LogP) is 4.02. The van der Waals surface area contributed by atoms with Gasteiger partial charge in [-0.05, 0) is 51.9 Å². The molecular weight excluding hydrogens is 304 g/mol. The van der Waals surface area contributed by atoms with Crippen molar-refractivity contribution >= 4 is 21.6 Å². The van der Waals surface area contributed by atoms with E-state index in [0.29, 0.717) is 5.92 Å². The van der Waals surface area contributed by atoms with Gasteiger partial charge in [0.2, 0.25) is 0 Å². The van der Waals surface area contributed by atoms with Crippen LogP contribution in [0.2, 0.25) is 0 Å². The Hall–Kier alpha value is -1.72. The molecule has 0 radical (unpaired) electrons. The lowest BCUT2D eigenvalue weighted by Gasteiger charge is -2.31. The lowest BCUT2D eigenvalue weighted by molar-refractivity contribution is 0.204. The highest BCUT2D eigenvalue weighted by Crippen LogP contribution is 2.34. The second kappa shape index (κ2) is 6.06. The second-order valence-corrected chi connectivity index (χ2v) is 7.55. The van der Waals surface area contributed by atoms with E-state index in [4.69, 9.17) is 4.98 Å². The van der Waals surface area contributed by atoms with E-state index in [9.17, 15) is 0 Å². The molecular formula is C18H22N4S. The summed E-state index contributed by atoms with van der Waals surface area (Å²) in [5, 5.41) is 8.72. The summed E-state index contributed by atoms with van der Waals surface area (Å²) in [5.74, 6) is 0.621. The van der Waals surface area contributed by atoms with E-state index in [1.54, 1.807) is 0 Å². The zero-order valence-electron chi connectivity index (χ0n) is 13.7. The number of para-hydroxylation sites is 1. The molecule has 0 spiro atoms. The number of H-pyrrole nitrogens is 1. The highest BCUT2D eigenvalue weighted by molar-refractivity contribution is 7.18. The van der Waals surface area contributed by atoms with Gasteiger partial charge in [-0.3, -0.25) is 10.00 Å². The van der Waals surface area contributed by atoms with Crippen molar-refractivity contribution < 1.29 is 0 Å². The van der Waals surface area contributed by atoms with Gasteiger partial charge in [-0.15, -0.1) is 11.3 Å². The van der Waals surface area contributed by atoms with Gasteiger partial charge in [0.15, 0.2) is 0 Å². The maximum absolute atomic E-state index is 4.85. The van der Waals surface area contributed by atoms with Crippen LogP contribution in [0.4, 0.5) is 0 Å². The summed E-state index contributed by atoms with van der Waals surface area (Å²) in [6, 6.07) is 8.47. The van der Waals surface area contributed by atoms with Crippen LogP contribution < -0.4 is 0 Å². The van der Waals surface area contributed by atoms with Gasteiger partial charge in [0, 0.05) is 23.7 Å². The zero-order valence-corrected chi connectivity index (χ0v) is 14.5. The van der Waals surface area contributed by atoms with Gasteiger partial charge < -0.3 is 0 Å². The van der Waals surface area contributed by atoms with E-state index in [1.807, 2.05) is 11.3 Å². The quantitative estimate of drug-likeness (QED) is 0.791. The SMILES string of the molecule is Cc1n[nH]c(C)c1CN1CCC(c2nc3ccccc3s2)CC1. The van der Waals surface area contributed by atoms with Gasteiger partial charge in [0.05, 0.1) is 20.9 Å². The molecule has 1 saturated heterocycles. The number of aromatic amines is 1. The number of fused-ring (bicyclic) bond motifs is 1. The molecule has 0 atom stereocenters. The van der Waals surface area contributed by atoms with Crippen LogP contribution in [0, 0.1) is 13.8 Å². The van der Waals surface area contributed by atoms with Crippen LogP contribution in [0.3, 0.4) is 0 Å². The smallest absolute Gasteiger partial charge is 0.0970 e. The number of rotatable bonds is 3. The Morgan fingerprint density at radius 1 is 1.22 bits per heavy atom. The molecule has 0 aliphatic carbocycles. The predicted molar refractivity (Wildman–Crippen MR) is 94.9 cm³/mol. The van der Waals surface area contributed by atoms with E-state index < -0.39 is 0 Å². The molecule has 1 aromatic carbocycles. The van der Waals surface area contributed by atoms with Gasteiger partial charge >= 0.3 is 0 Å². The summed E-state index contributed by atoms with van der Waals surface area (Å²) in [6.07, 6.45) is 2.41. The molecule has 0 bridgehead atoms. The third kappa shape index (κ3) is 2.91. The Balaban J connectivity index is 1.42. The van der Waals surface area contributed by atoms with Crippen LogP contribution in [0.1, 0.15) is 40.7 Å². The van der Waals surface area contributed by atoms with Crippen LogP contribution in [0.15, 0.2) is 24.3 Å². The lowest BCUT2D eigenvalue weighted by atomic mass is 9.97. The highest BCUT2D eigenvalue weighted by atomic mass is 32.1. The number of benzene rings is 1. The van der Waals surface area contributed by atoms with Crippen LogP contribution in [0.5, 0.6) is 0 Å². The average Bonchev–Trinajstić information content (AvgIpc) is 3.14. The van der Waals surface area contributed by atoms with Gasteiger partial charge in [-0.2, -0.15) is 5.10 Å². The Labute approximate surface area is 140 Å². The molecule has 1 aliphatic rings. The molecule has 1 fully saturated rings. The topological polar surface area (TPSA) is 44.8 Å². The van der Waals surface area contributed by atoms with E-state index in [1.165, 1.54) is 33.8 Å². The molecule has 120 valence electrons. The van der Waals surface area contributed by atoms with Crippen molar-refractivity contribution in [2.45, 2.75) is 39.2 Å². The van der Waals surface area contributed by atoms with Crippen LogP contribution in [-0.4, -0.2) is 33.2 Å². The normalized spacial score (nSPS) is 17.1. The molecule has 3 aromatic rings. The number of nitrogens with zero attached hydrogens (tertiary/aromatic N) is 3. The van der Waals surface area contributed by atoms with E-state index in [-0.39, 0.29) is 0 Å². The zero-order chi connectivity index (χ0) is 15.8.